The maximum Gasteiger partial charge on any atom is 0.243 e. The number of nitrogens with zero attached hydrogens (tertiary/aromatic N) is 2. The number of carbonyl (C=O) groups excluding carboxylic acids is 1. The molecule has 1 N–H and O–H groups in total. The standard InChI is InChI=1S/C19H29N3O5S2/c1-15-6-8-17(9-7-15)29(26,27)21-13-10-16(11-14-21)20-19(23)18-5-3-4-12-22(18)28(2,24)25/h6-9,16,18H,3-5,10-14H2,1-2H3,(H,20,23)/t18-/m1/s1. The van der Waals surface area contributed by atoms with Crippen LogP contribution in [0.1, 0.15) is 37.7 Å². The lowest BCUT2D eigenvalue weighted by atomic mass is 10.0. The highest BCUT2D eigenvalue weighted by molar-refractivity contribution is 7.89. The predicted molar refractivity (Wildman–Crippen MR) is 110 cm³/mol. The molecule has 1 aromatic carbocycles. The Kier molecular flexibility index (Phi) is 6.67. The van der Waals surface area contributed by atoms with Crippen molar-refractivity contribution in [2.24, 2.45) is 0 Å². The third kappa shape index (κ3) is 5.17. The van der Waals surface area contributed by atoms with Crippen LogP contribution in [0.4, 0.5) is 0 Å². The molecule has 2 saturated heterocycles. The van der Waals surface area contributed by atoms with Gasteiger partial charge in [-0.15, -0.1) is 0 Å². The van der Waals surface area contributed by atoms with Gasteiger partial charge in [-0.05, 0) is 44.7 Å². The minimum atomic E-state index is -3.55. The molecule has 2 heterocycles. The first kappa shape index (κ1) is 22.2. The first-order valence-electron chi connectivity index (χ1n) is 9.93. The summed E-state index contributed by atoms with van der Waals surface area (Å²) in [5.41, 5.74) is 0.997. The molecular weight excluding hydrogens is 414 g/mol. The summed E-state index contributed by atoms with van der Waals surface area (Å²) in [5, 5.41) is 2.94. The second kappa shape index (κ2) is 8.71. The van der Waals surface area contributed by atoms with Crippen LogP contribution >= 0.6 is 0 Å². The lowest BCUT2D eigenvalue weighted by Crippen LogP contribution is -2.55. The molecule has 0 saturated carbocycles. The lowest BCUT2D eigenvalue weighted by molar-refractivity contribution is -0.126. The van der Waals surface area contributed by atoms with E-state index in [4.69, 9.17) is 0 Å². The number of amides is 1. The molecule has 2 aliphatic heterocycles. The Bertz CT molecular complexity index is 937. The van der Waals surface area contributed by atoms with E-state index in [1.54, 1.807) is 24.3 Å². The zero-order valence-electron chi connectivity index (χ0n) is 16.9. The number of aryl methyl sites for hydroxylation is 1. The minimum absolute atomic E-state index is 0.157. The van der Waals surface area contributed by atoms with Crippen LogP contribution < -0.4 is 5.32 Å². The van der Waals surface area contributed by atoms with E-state index in [1.165, 1.54) is 8.61 Å². The van der Waals surface area contributed by atoms with Crippen LogP contribution in [0.5, 0.6) is 0 Å². The highest BCUT2D eigenvalue weighted by Crippen LogP contribution is 2.23. The molecule has 1 amide bonds. The van der Waals surface area contributed by atoms with Gasteiger partial charge in [-0.25, -0.2) is 16.8 Å². The normalized spacial score (nSPS) is 23.0. The Morgan fingerprint density at radius 1 is 0.966 bits per heavy atom. The highest BCUT2D eigenvalue weighted by Gasteiger charge is 2.36. The van der Waals surface area contributed by atoms with E-state index in [-0.39, 0.29) is 16.8 Å². The van der Waals surface area contributed by atoms with E-state index in [0.29, 0.717) is 38.9 Å². The number of carbonyl (C=O) groups is 1. The molecule has 8 nitrogen and oxygen atoms in total. The fourth-order valence-corrected chi connectivity index (χ4v) is 6.56. The molecule has 0 spiro atoms. The Morgan fingerprint density at radius 3 is 2.17 bits per heavy atom. The number of sulfonamides is 2. The van der Waals surface area contributed by atoms with Gasteiger partial charge in [0.1, 0.15) is 6.04 Å². The number of piperidine rings is 2. The zero-order chi connectivity index (χ0) is 21.2. The second-order valence-electron chi connectivity index (χ2n) is 7.89. The van der Waals surface area contributed by atoms with Crippen LogP contribution in [-0.4, -0.2) is 69.3 Å². The average molecular weight is 444 g/mol. The van der Waals surface area contributed by atoms with Gasteiger partial charge < -0.3 is 5.32 Å². The number of nitrogens with one attached hydrogen (secondary N) is 1. The van der Waals surface area contributed by atoms with Crippen molar-refractivity contribution in [2.75, 3.05) is 25.9 Å². The topological polar surface area (TPSA) is 104 Å². The maximum atomic E-state index is 12.8. The molecule has 1 atom stereocenters. The van der Waals surface area contributed by atoms with E-state index in [1.807, 2.05) is 6.92 Å². The molecule has 0 aliphatic carbocycles. The highest BCUT2D eigenvalue weighted by atomic mass is 32.2. The van der Waals surface area contributed by atoms with Crippen LogP contribution in [0.3, 0.4) is 0 Å². The Morgan fingerprint density at radius 2 is 1.59 bits per heavy atom. The molecule has 10 heteroatoms. The van der Waals surface area contributed by atoms with Crippen molar-refractivity contribution < 1.29 is 21.6 Å². The third-order valence-corrected chi connectivity index (χ3v) is 8.84. The van der Waals surface area contributed by atoms with Crippen molar-refractivity contribution >= 4 is 26.0 Å². The first-order valence-corrected chi connectivity index (χ1v) is 13.2. The third-order valence-electron chi connectivity index (χ3n) is 5.64. The summed E-state index contributed by atoms with van der Waals surface area (Å²) in [6.45, 7) is 2.91. The SMILES string of the molecule is Cc1ccc(S(=O)(=O)N2CCC(NC(=O)[C@H]3CCCCN3S(C)(=O)=O)CC2)cc1. The molecule has 29 heavy (non-hydrogen) atoms. The van der Waals surface area contributed by atoms with Gasteiger partial charge >= 0.3 is 0 Å². The zero-order valence-corrected chi connectivity index (χ0v) is 18.5. The van der Waals surface area contributed by atoms with Gasteiger partial charge in [-0.3, -0.25) is 4.79 Å². The van der Waals surface area contributed by atoms with Crippen molar-refractivity contribution in [3.63, 3.8) is 0 Å². The van der Waals surface area contributed by atoms with Gasteiger partial charge in [0.05, 0.1) is 11.2 Å². The van der Waals surface area contributed by atoms with Gasteiger partial charge in [0.25, 0.3) is 0 Å². The second-order valence-corrected chi connectivity index (χ2v) is 11.8. The Labute approximate surface area is 173 Å². The average Bonchev–Trinajstić information content (AvgIpc) is 2.68. The van der Waals surface area contributed by atoms with E-state index >= 15 is 0 Å². The molecule has 0 radical (unpaired) electrons. The van der Waals surface area contributed by atoms with Crippen molar-refractivity contribution in [1.82, 2.24) is 13.9 Å². The lowest BCUT2D eigenvalue weighted by Gasteiger charge is -2.35. The molecule has 0 aromatic heterocycles. The number of rotatable bonds is 5. The summed E-state index contributed by atoms with van der Waals surface area (Å²) >= 11 is 0. The number of hydrogen-bond acceptors (Lipinski definition) is 5. The summed E-state index contributed by atoms with van der Waals surface area (Å²) in [5.74, 6) is -0.282. The van der Waals surface area contributed by atoms with Crippen LogP contribution in [0, 0.1) is 6.92 Å². The van der Waals surface area contributed by atoms with E-state index in [2.05, 4.69) is 5.32 Å². The van der Waals surface area contributed by atoms with Gasteiger partial charge in [0.15, 0.2) is 0 Å². The molecule has 2 aliphatic rings. The smallest absolute Gasteiger partial charge is 0.243 e. The van der Waals surface area contributed by atoms with Gasteiger partial charge in [-0.1, -0.05) is 24.1 Å². The molecule has 0 bridgehead atoms. The largest absolute Gasteiger partial charge is 0.352 e. The molecular formula is C19H29N3O5S2. The van der Waals surface area contributed by atoms with Crippen molar-refractivity contribution in [2.45, 2.75) is 56.0 Å². The summed E-state index contributed by atoms with van der Waals surface area (Å²) in [7, 11) is -6.98. The van der Waals surface area contributed by atoms with Gasteiger partial charge in [-0.2, -0.15) is 8.61 Å². The molecule has 1 aromatic rings. The number of benzene rings is 1. The van der Waals surface area contributed by atoms with Crippen molar-refractivity contribution in [3.05, 3.63) is 29.8 Å². The monoisotopic (exact) mass is 443 g/mol. The Hall–Kier alpha value is -1.49. The fraction of sp³-hybridized carbons (Fsp3) is 0.632. The fourth-order valence-electron chi connectivity index (χ4n) is 3.96. The quantitative estimate of drug-likeness (QED) is 0.733. The molecule has 0 unspecified atom stereocenters. The number of hydrogen-bond donors (Lipinski definition) is 1. The van der Waals surface area contributed by atoms with E-state index < -0.39 is 26.1 Å². The summed E-state index contributed by atoms with van der Waals surface area (Å²) in [4.78, 5) is 13.0. The minimum Gasteiger partial charge on any atom is -0.352 e. The van der Waals surface area contributed by atoms with Crippen LogP contribution in [-0.2, 0) is 24.8 Å². The van der Waals surface area contributed by atoms with Gasteiger partial charge in [0.2, 0.25) is 26.0 Å². The van der Waals surface area contributed by atoms with Gasteiger partial charge in [0, 0.05) is 25.7 Å². The van der Waals surface area contributed by atoms with Crippen LogP contribution in [0.15, 0.2) is 29.2 Å². The Balaban J connectivity index is 1.59. The first-order chi connectivity index (χ1) is 13.6. The molecule has 3 rings (SSSR count). The molecule has 162 valence electrons. The van der Waals surface area contributed by atoms with Crippen molar-refractivity contribution in [3.8, 4) is 0 Å². The summed E-state index contributed by atoms with van der Waals surface area (Å²) in [6, 6.07) is 5.95. The maximum absolute atomic E-state index is 12.8. The summed E-state index contributed by atoms with van der Waals surface area (Å²) in [6.07, 6.45) is 4.22. The van der Waals surface area contributed by atoms with Crippen molar-refractivity contribution in [1.29, 1.82) is 0 Å². The molecule has 2 fully saturated rings. The van der Waals surface area contributed by atoms with Crippen LogP contribution in [0.2, 0.25) is 0 Å². The summed E-state index contributed by atoms with van der Waals surface area (Å²) < 4.78 is 52.3. The predicted octanol–water partition coefficient (Wildman–Crippen LogP) is 1.08. The van der Waals surface area contributed by atoms with Crippen LogP contribution in [0.25, 0.3) is 0 Å². The van der Waals surface area contributed by atoms with E-state index in [0.717, 1.165) is 24.7 Å². The van der Waals surface area contributed by atoms with E-state index in [9.17, 15) is 21.6 Å².